The Morgan fingerprint density at radius 2 is 2.04 bits per heavy atom. The van der Waals surface area contributed by atoms with Gasteiger partial charge in [-0.3, -0.25) is 5.41 Å². The van der Waals surface area contributed by atoms with Gasteiger partial charge < -0.3 is 5.73 Å². The van der Waals surface area contributed by atoms with E-state index < -0.39 is 0 Å². The molecule has 0 aliphatic rings. The van der Waals surface area contributed by atoms with Crippen molar-refractivity contribution in [2.24, 2.45) is 10.7 Å². The molecule has 0 amide bonds. The molecule has 134 valence electrons. The molecule has 1 aromatic carbocycles. The highest BCUT2D eigenvalue weighted by Gasteiger charge is 2.22. The molecular weight excluding hydrogens is 380 g/mol. The second-order valence-corrected chi connectivity index (χ2v) is 7.22. The van der Waals surface area contributed by atoms with Crippen LogP contribution >= 0.6 is 22.9 Å². The van der Waals surface area contributed by atoms with E-state index in [0.717, 1.165) is 33.7 Å². The van der Waals surface area contributed by atoms with Crippen LogP contribution in [0.4, 0.5) is 0 Å². The first-order valence-electron chi connectivity index (χ1n) is 8.13. The van der Waals surface area contributed by atoms with Crippen molar-refractivity contribution in [1.29, 1.82) is 5.41 Å². The number of nitrogens with one attached hydrogen (secondary N) is 1. The van der Waals surface area contributed by atoms with E-state index in [1.807, 2.05) is 60.1 Å². The average molecular weight is 395 g/mol. The van der Waals surface area contributed by atoms with Crippen molar-refractivity contribution in [1.82, 2.24) is 14.6 Å². The molecule has 0 fully saturated rings. The van der Waals surface area contributed by atoms with E-state index in [1.54, 1.807) is 0 Å². The minimum Gasteiger partial charge on any atom is -0.382 e. The molecule has 0 aliphatic heterocycles. The summed E-state index contributed by atoms with van der Waals surface area (Å²) in [6.45, 7) is 1.95. The number of rotatable bonds is 4. The number of aromatic nitrogens is 3. The molecule has 4 rings (SSSR count). The van der Waals surface area contributed by atoms with Gasteiger partial charge in [-0.25, -0.2) is 14.5 Å². The van der Waals surface area contributed by atoms with E-state index in [1.165, 1.54) is 11.3 Å². The van der Waals surface area contributed by atoms with Crippen LogP contribution < -0.4 is 5.73 Å². The van der Waals surface area contributed by atoms with Crippen molar-refractivity contribution < 1.29 is 0 Å². The number of hydrogen-bond donors (Lipinski definition) is 2. The first kappa shape index (κ1) is 17.4. The topological polar surface area (TPSA) is 92.4 Å². The van der Waals surface area contributed by atoms with Crippen molar-refractivity contribution in [2.45, 2.75) is 6.92 Å². The molecule has 3 N–H and O–H groups in total. The lowest BCUT2D eigenvalue weighted by Gasteiger charge is -2.03. The summed E-state index contributed by atoms with van der Waals surface area (Å²) in [7, 11) is 0. The number of thiazole rings is 1. The van der Waals surface area contributed by atoms with Gasteiger partial charge in [0, 0.05) is 11.8 Å². The number of nitrogens with zero attached hydrogens (tertiary/aromatic N) is 4. The van der Waals surface area contributed by atoms with Crippen molar-refractivity contribution in [3.63, 3.8) is 0 Å². The second-order valence-electron chi connectivity index (χ2n) is 5.81. The number of aliphatic imine (C=N–C) groups is 1. The number of pyridine rings is 1. The maximum atomic E-state index is 7.24. The van der Waals surface area contributed by atoms with Gasteiger partial charge in [0.05, 0.1) is 32.4 Å². The quantitative estimate of drug-likeness (QED) is 0.397. The van der Waals surface area contributed by atoms with Gasteiger partial charge in [0.25, 0.3) is 0 Å². The molecule has 27 heavy (non-hydrogen) atoms. The predicted molar refractivity (Wildman–Crippen MR) is 111 cm³/mol. The van der Waals surface area contributed by atoms with Crippen LogP contribution in [-0.2, 0) is 0 Å². The van der Waals surface area contributed by atoms with Crippen molar-refractivity contribution in [2.75, 3.05) is 0 Å². The maximum Gasteiger partial charge on any atom is 0.144 e. The fourth-order valence-corrected chi connectivity index (χ4v) is 4.26. The molecule has 0 unspecified atom stereocenters. The van der Waals surface area contributed by atoms with Crippen LogP contribution in [0.15, 0.2) is 53.7 Å². The first-order chi connectivity index (χ1) is 13.1. The Morgan fingerprint density at radius 1 is 1.26 bits per heavy atom. The number of halogens is 1. The van der Waals surface area contributed by atoms with Gasteiger partial charge >= 0.3 is 0 Å². The molecule has 0 atom stereocenters. The zero-order valence-electron chi connectivity index (χ0n) is 14.3. The van der Waals surface area contributed by atoms with Crippen LogP contribution in [0.5, 0.6) is 0 Å². The third kappa shape index (κ3) is 3.01. The minimum absolute atomic E-state index is 0.234. The van der Waals surface area contributed by atoms with E-state index in [0.29, 0.717) is 15.6 Å². The van der Waals surface area contributed by atoms with E-state index in [9.17, 15) is 0 Å². The molecule has 6 nitrogen and oxygen atoms in total. The summed E-state index contributed by atoms with van der Waals surface area (Å²) in [4.78, 5) is 9.45. The molecule has 8 heteroatoms. The van der Waals surface area contributed by atoms with Crippen LogP contribution in [-0.4, -0.2) is 26.8 Å². The molecule has 0 saturated carbocycles. The highest BCUT2D eigenvalue weighted by molar-refractivity contribution is 7.17. The van der Waals surface area contributed by atoms with Gasteiger partial charge in [0.2, 0.25) is 0 Å². The van der Waals surface area contributed by atoms with Gasteiger partial charge in [-0.1, -0.05) is 35.9 Å². The monoisotopic (exact) mass is 394 g/mol. The summed E-state index contributed by atoms with van der Waals surface area (Å²) < 4.78 is 1.83. The zero-order chi connectivity index (χ0) is 19.0. The van der Waals surface area contributed by atoms with Crippen molar-refractivity contribution in [3.8, 4) is 21.8 Å². The van der Waals surface area contributed by atoms with Crippen LogP contribution in [0.25, 0.3) is 27.3 Å². The minimum atomic E-state index is 0.234. The van der Waals surface area contributed by atoms with Crippen LogP contribution in [0.3, 0.4) is 0 Å². The van der Waals surface area contributed by atoms with Gasteiger partial charge in [0.15, 0.2) is 0 Å². The van der Waals surface area contributed by atoms with E-state index in [2.05, 4.69) is 10.1 Å². The smallest absolute Gasteiger partial charge is 0.144 e. The van der Waals surface area contributed by atoms with Gasteiger partial charge in [-0.15, -0.1) is 11.3 Å². The third-order valence-corrected chi connectivity index (χ3v) is 5.55. The Bertz CT molecular complexity index is 1190. The molecule has 3 aromatic heterocycles. The fraction of sp³-hybridized carbons (Fsp3) is 0.0526. The summed E-state index contributed by atoms with van der Waals surface area (Å²) >= 11 is 7.81. The molecule has 0 radical (unpaired) electrons. The van der Waals surface area contributed by atoms with Gasteiger partial charge in [0.1, 0.15) is 17.2 Å². The van der Waals surface area contributed by atoms with Crippen LogP contribution in [0.2, 0.25) is 5.02 Å². The number of aryl methyl sites for hydroxylation is 1. The van der Waals surface area contributed by atoms with Crippen LogP contribution in [0, 0.1) is 12.3 Å². The number of nitrogens with two attached hydrogens (primary N) is 1. The Morgan fingerprint density at radius 3 is 2.81 bits per heavy atom. The normalized spacial score (nSPS) is 11.9. The number of hydrogen-bond acceptors (Lipinski definition) is 4. The molecule has 4 aromatic rings. The highest BCUT2D eigenvalue weighted by Crippen LogP contribution is 2.39. The van der Waals surface area contributed by atoms with E-state index >= 15 is 0 Å². The summed E-state index contributed by atoms with van der Waals surface area (Å²) in [5, 5.41) is 13.2. The largest absolute Gasteiger partial charge is 0.382 e. The van der Waals surface area contributed by atoms with Gasteiger partial charge in [-0.05, 0) is 25.1 Å². The summed E-state index contributed by atoms with van der Waals surface area (Å²) in [6.07, 6.45) is 2.83. The van der Waals surface area contributed by atoms with E-state index in [-0.39, 0.29) is 5.84 Å². The number of benzene rings is 1. The molecule has 0 saturated heterocycles. The first-order valence-corrected chi connectivity index (χ1v) is 9.32. The molecule has 0 spiro atoms. The second kappa shape index (κ2) is 6.94. The van der Waals surface area contributed by atoms with Crippen molar-refractivity contribution in [3.05, 3.63) is 64.3 Å². The van der Waals surface area contributed by atoms with Crippen molar-refractivity contribution >= 4 is 40.6 Å². The zero-order valence-corrected chi connectivity index (χ0v) is 15.9. The lowest BCUT2D eigenvalue weighted by atomic mass is 10.1. The Hall–Kier alpha value is -3.03. The summed E-state index contributed by atoms with van der Waals surface area (Å²) in [6, 6.07) is 13.4. The fourth-order valence-electron chi connectivity index (χ4n) is 2.95. The lowest BCUT2D eigenvalue weighted by Crippen LogP contribution is -2.12. The SMILES string of the molecule is Cc1nn2ccccc2c1-c1nc(-c2ccccc2Cl)c(C(N)=NC=N)s1. The number of fused-ring (bicyclic) bond motifs is 1. The summed E-state index contributed by atoms with van der Waals surface area (Å²) in [5.41, 5.74) is 10.3. The maximum absolute atomic E-state index is 7.24. The van der Waals surface area contributed by atoms with Crippen LogP contribution in [0.1, 0.15) is 10.6 Å². The Kier molecular flexibility index (Phi) is 4.47. The Labute approximate surface area is 164 Å². The standard InChI is InChI=1S/C19H15ClN6S/c1-11-15(14-8-4-5-9-26(14)25-11)19-24-16(12-6-2-3-7-13(12)20)17(27-19)18(22)23-10-21/h2-10H,1H3,(H3,21,22,23). The average Bonchev–Trinajstić information content (AvgIpc) is 3.22. The molecule has 3 heterocycles. The third-order valence-electron chi connectivity index (χ3n) is 4.12. The predicted octanol–water partition coefficient (Wildman–Crippen LogP) is 4.40. The summed E-state index contributed by atoms with van der Waals surface area (Å²) in [5.74, 6) is 0.234. The van der Waals surface area contributed by atoms with E-state index in [4.69, 9.17) is 27.7 Å². The molecular formula is C19H15ClN6S. The molecule has 0 bridgehead atoms. The lowest BCUT2D eigenvalue weighted by molar-refractivity contribution is 0.934. The highest BCUT2D eigenvalue weighted by atomic mass is 35.5. The van der Waals surface area contributed by atoms with Gasteiger partial charge in [-0.2, -0.15) is 5.10 Å². The molecule has 0 aliphatic carbocycles. The Balaban J connectivity index is 2.00. The number of amidine groups is 1.